The molecule has 0 fully saturated rings. The minimum absolute atomic E-state index is 0.00656. The van der Waals surface area contributed by atoms with Crippen molar-refractivity contribution in [2.75, 3.05) is 52.7 Å². The van der Waals surface area contributed by atoms with Crippen LogP contribution in [0, 0.1) is 44.4 Å². The van der Waals surface area contributed by atoms with Gasteiger partial charge in [-0.15, -0.1) is 0 Å². The van der Waals surface area contributed by atoms with Gasteiger partial charge in [0.25, 0.3) is 0 Å². The van der Waals surface area contributed by atoms with Crippen molar-refractivity contribution in [3.05, 3.63) is 22.3 Å². The summed E-state index contributed by atoms with van der Waals surface area (Å²) in [5.41, 5.74) is 3.83. The molecule has 0 aliphatic carbocycles. The Morgan fingerprint density at radius 2 is 1.07 bits per heavy atom. The van der Waals surface area contributed by atoms with E-state index in [0.29, 0.717) is 37.4 Å². The summed E-state index contributed by atoms with van der Waals surface area (Å²) in [6.45, 7) is 28.6. The van der Waals surface area contributed by atoms with E-state index < -0.39 is 18.0 Å². The van der Waals surface area contributed by atoms with Crippen LogP contribution in [0.15, 0.2) is 0 Å². The molecule has 1 aliphatic heterocycles. The van der Waals surface area contributed by atoms with E-state index in [1.807, 2.05) is 13.8 Å². The van der Waals surface area contributed by atoms with Crippen LogP contribution in [0.2, 0.25) is 0 Å². The molecule has 0 saturated heterocycles. The summed E-state index contributed by atoms with van der Waals surface area (Å²) in [6, 6.07) is 0. The second-order valence-electron chi connectivity index (χ2n) is 24.9. The molecule has 0 aromatic heterocycles. The Bertz CT molecular complexity index is 1800. The fourth-order valence-corrected chi connectivity index (χ4v) is 11.2. The van der Waals surface area contributed by atoms with Crippen LogP contribution in [0.1, 0.15) is 284 Å². The van der Waals surface area contributed by atoms with Crippen molar-refractivity contribution in [2.45, 2.75) is 300 Å². The second-order valence-corrected chi connectivity index (χ2v) is 24.9. The zero-order valence-electron chi connectivity index (χ0n) is 53.6. The predicted molar refractivity (Wildman–Crippen MR) is 327 cm³/mol. The second kappa shape index (κ2) is 44.0. The van der Waals surface area contributed by atoms with Crippen LogP contribution < -0.4 is 9.47 Å². The van der Waals surface area contributed by atoms with Crippen LogP contribution >= 0.6 is 0 Å². The number of ether oxygens (including phenoxy) is 7. The van der Waals surface area contributed by atoms with Gasteiger partial charge in [-0.25, -0.2) is 9.59 Å². The topological polar surface area (TPSA) is 136 Å². The van der Waals surface area contributed by atoms with Crippen LogP contribution in [-0.2, 0) is 44.5 Å². The fraction of sp³-hybridized carbons (Fsp3) is 0.853. The maximum absolute atomic E-state index is 13.3. The molecule has 12 nitrogen and oxygen atoms in total. The van der Waals surface area contributed by atoms with Crippen LogP contribution in [-0.4, -0.2) is 93.3 Å². The number of esters is 3. The number of carbonyl (C=O) groups excluding carboxylic acids is 4. The van der Waals surface area contributed by atoms with Gasteiger partial charge in [0, 0.05) is 24.9 Å². The molecule has 80 heavy (non-hydrogen) atoms. The van der Waals surface area contributed by atoms with E-state index >= 15 is 0 Å². The standard InChI is InChI=1S/C68H121NO11/c1-13-17-19-21-23-27-40-60(41-28-24-22-20-18-14-2)79-63(71)43-30-26-25-29-42-62(70)75-49-59(51-78-67(73)74-48-34-47-69(15-3)16-4)50-76-64(72)52-77-65-56(9)57(10)66-61(58(65)11)44-46-68(12,80-66)45-33-39-55(8)38-32-37-54(7)36-31-35-53(5)6/h53-55,59-60H,13-52H2,1-12H3/t54-,55-,59?,68-/m1/s1. The number of hydrogen-bond acceptors (Lipinski definition) is 12. The molecule has 464 valence electrons. The summed E-state index contributed by atoms with van der Waals surface area (Å²) in [4.78, 5) is 54.0. The number of carbonyl (C=O) groups is 4. The van der Waals surface area contributed by atoms with Gasteiger partial charge in [0.15, 0.2) is 6.61 Å². The molecule has 0 amide bonds. The molecule has 0 spiro atoms. The molecule has 2 rings (SSSR count). The first kappa shape index (κ1) is 72.6. The van der Waals surface area contributed by atoms with Crippen LogP contribution in [0.3, 0.4) is 0 Å². The fourth-order valence-electron chi connectivity index (χ4n) is 11.2. The summed E-state index contributed by atoms with van der Waals surface area (Å²) in [5.74, 6) is 2.24. The molecule has 1 unspecified atom stereocenters. The third-order valence-corrected chi connectivity index (χ3v) is 16.9. The van der Waals surface area contributed by atoms with E-state index in [4.69, 9.17) is 33.2 Å². The maximum atomic E-state index is 13.3. The number of nitrogens with zero attached hydrogens (tertiary/aromatic N) is 1. The lowest BCUT2D eigenvalue weighted by molar-refractivity contribution is -0.152. The highest BCUT2D eigenvalue weighted by Gasteiger charge is 2.35. The van der Waals surface area contributed by atoms with Crippen molar-refractivity contribution in [1.82, 2.24) is 4.90 Å². The monoisotopic (exact) mass is 1130 g/mol. The van der Waals surface area contributed by atoms with Crippen molar-refractivity contribution < 1.29 is 52.3 Å². The molecular weight excluding hydrogens is 1010 g/mol. The van der Waals surface area contributed by atoms with Crippen LogP contribution in [0.5, 0.6) is 11.5 Å². The molecule has 1 heterocycles. The first-order valence-corrected chi connectivity index (χ1v) is 32.9. The zero-order chi connectivity index (χ0) is 59.0. The summed E-state index contributed by atoms with van der Waals surface area (Å²) in [6.07, 6.45) is 33.1. The summed E-state index contributed by atoms with van der Waals surface area (Å²) in [7, 11) is 0. The highest BCUT2D eigenvalue weighted by Crippen LogP contribution is 2.45. The van der Waals surface area contributed by atoms with Crippen molar-refractivity contribution in [1.29, 1.82) is 0 Å². The summed E-state index contributed by atoms with van der Waals surface area (Å²) in [5, 5.41) is 0. The number of fused-ring (bicyclic) bond motifs is 1. The van der Waals surface area contributed by atoms with Crippen molar-refractivity contribution >= 4 is 24.1 Å². The molecule has 1 aliphatic rings. The Balaban J connectivity index is 1.90. The van der Waals surface area contributed by atoms with Crippen molar-refractivity contribution in [3.63, 3.8) is 0 Å². The Kier molecular flexibility index (Phi) is 40.0. The summed E-state index contributed by atoms with van der Waals surface area (Å²) < 4.78 is 41.2. The molecule has 0 radical (unpaired) electrons. The average molecular weight is 1130 g/mol. The quantitative estimate of drug-likeness (QED) is 0.0349. The SMILES string of the molecule is CCCCCCCCC(CCCCCCCC)OC(=O)CCCCCCC(=O)OCC(COC(=O)COc1c(C)c(C)c2c(c1C)CC[C@@](C)(CCC[C@H](C)CCC[C@H](C)CCCC(C)C)O2)COC(=O)OCCCN(CC)CC. The Labute approximate surface area is 489 Å². The lowest BCUT2D eigenvalue weighted by atomic mass is 9.83. The van der Waals surface area contributed by atoms with Crippen molar-refractivity contribution in [3.8, 4) is 11.5 Å². The van der Waals surface area contributed by atoms with E-state index in [1.165, 1.54) is 109 Å². The van der Waals surface area contributed by atoms with E-state index in [1.54, 1.807) is 0 Å². The van der Waals surface area contributed by atoms with Gasteiger partial charge in [-0.3, -0.25) is 9.59 Å². The number of rotatable bonds is 49. The van der Waals surface area contributed by atoms with Gasteiger partial charge in [-0.05, 0) is 146 Å². The van der Waals surface area contributed by atoms with Gasteiger partial charge in [-0.2, -0.15) is 0 Å². The molecule has 0 bridgehead atoms. The van der Waals surface area contributed by atoms with Crippen LogP contribution in [0.25, 0.3) is 0 Å². The third-order valence-electron chi connectivity index (χ3n) is 16.9. The highest BCUT2D eigenvalue weighted by atomic mass is 16.7. The largest absolute Gasteiger partial charge is 0.508 e. The van der Waals surface area contributed by atoms with Gasteiger partial charge < -0.3 is 38.1 Å². The molecular formula is C68H121NO11. The van der Waals surface area contributed by atoms with E-state index in [0.717, 1.165) is 124 Å². The first-order valence-electron chi connectivity index (χ1n) is 32.9. The molecule has 12 heteroatoms. The smallest absolute Gasteiger partial charge is 0.487 e. The lowest BCUT2D eigenvalue weighted by Gasteiger charge is -2.38. The molecule has 0 N–H and O–H groups in total. The summed E-state index contributed by atoms with van der Waals surface area (Å²) >= 11 is 0. The van der Waals surface area contributed by atoms with Gasteiger partial charge in [0.2, 0.25) is 0 Å². The molecule has 1 aromatic rings. The number of unbranched alkanes of at least 4 members (excludes halogenated alkanes) is 13. The van der Waals surface area contributed by atoms with Gasteiger partial charge in [0.1, 0.15) is 43.0 Å². The Morgan fingerprint density at radius 1 is 0.550 bits per heavy atom. The zero-order valence-corrected chi connectivity index (χ0v) is 53.6. The molecule has 4 atom stereocenters. The lowest BCUT2D eigenvalue weighted by Crippen LogP contribution is -2.37. The van der Waals surface area contributed by atoms with Gasteiger partial charge >= 0.3 is 24.1 Å². The third kappa shape index (κ3) is 32.9. The van der Waals surface area contributed by atoms with Gasteiger partial charge in [0.05, 0.1) is 12.5 Å². The first-order chi connectivity index (χ1) is 38.4. The number of hydrogen-bond donors (Lipinski definition) is 0. The highest BCUT2D eigenvalue weighted by molar-refractivity contribution is 5.72. The normalized spacial score (nSPS) is 15.3. The Hall–Kier alpha value is -3.54. The molecule has 1 aromatic carbocycles. The molecule has 0 saturated carbocycles. The average Bonchev–Trinajstić information content (AvgIpc) is 3.42. The van der Waals surface area contributed by atoms with E-state index in [2.05, 4.69) is 74.1 Å². The number of benzene rings is 1. The van der Waals surface area contributed by atoms with E-state index in [-0.39, 0.29) is 63.1 Å². The minimum atomic E-state index is -0.822. The van der Waals surface area contributed by atoms with E-state index in [9.17, 15) is 19.2 Å². The minimum Gasteiger partial charge on any atom is -0.487 e. The Morgan fingerprint density at radius 3 is 1.66 bits per heavy atom. The maximum Gasteiger partial charge on any atom is 0.508 e. The predicted octanol–water partition coefficient (Wildman–Crippen LogP) is 17.9. The van der Waals surface area contributed by atoms with Crippen molar-refractivity contribution in [2.24, 2.45) is 23.7 Å². The van der Waals surface area contributed by atoms with Crippen LogP contribution in [0.4, 0.5) is 4.79 Å². The van der Waals surface area contributed by atoms with Gasteiger partial charge in [-0.1, -0.05) is 177 Å².